The molecule has 1 unspecified atom stereocenters. The zero-order chi connectivity index (χ0) is 9.52. The van der Waals surface area contributed by atoms with E-state index < -0.39 is 0 Å². The molecule has 0 aromatic carbocycles. The molecule has 1 saturated heterocycles. The van der Waals surface area contributed by atoms with Gasteiger partial charge in [-0.2, -0.15) is 0 Å². The molecule has 0 aromatic rings. The molecule has 1 aliphatic heterocycles. The summed E-state index contributed by atoms with van der Waals surface area (Å²) in [6.07, 6.45) is 3.97. The highest BCUT2D eigenvalue weighted by Crippen LogP contribution is 2.08. The van der Waals surface area contributed by atoms with Crippen LogP contribution in [0.2, 0.25) is 0 Å². The molecule has 3 nitrogen and oxygen atoms in total. The summed E-state index contributed by atoms with van der Waals surface area (Å²) in [6.45, 7) is 7.32. The molecule has 1 fully saturated rings. The highest BCUT2D eigenvalue weighted by atomic mass is 16.5. The molecule has 0 aromatic heterocycles. The average molecular weight is 186 g/mol. The van der Waals surface area contributed by atoms with Gasteiger partial charge in [-0.1, -0.05) is 6.92 Å². The molecule has 1 rings (SSSR count). The van der Waals surface area contributed by atoms with E-state index in [0.29, 0.717) is 6.10 Å². The highest BCUT2D eigenvalue weighted by molar-refractivity contribution is 4.69. The molecule has 0 aliphatic carbocycles. The first-order valence-corrected chi connectivity index (χ1v) is 5.40. The SMILES string of the molecule is CCC1CN(CCCCN)CCO1. The van der Waals surface area contributed by atoms with Gasteiger partial charge in [0.15, 0.2) is 0 Å². The van der Waals surface area contributed by atoms with Crippen molar-refractivity contribution in [1.82, 2.24) is 4.90 Å². The van der Waals surface area contributed by atoms with Gasteiger partial charge in [0.25, 0.3) is 0 Å². The summed E-state index contributed by atoms with van der Waals surface area (Å²) in [5, 5.41) is 0. The van der Waals surface area contributed by atoms with Crippen LogP contribution in [0.1, 0.15) is 26.2 Å². The van der Waals surface area contributed by atoms with Crippen LogP contribution in [0, 0.1) is 0 Å². The van der Waals surface area contributed by atoms with Crippen LogP contribution in [0.15, 0.2) is 0 Å². The number of nitrogens with zero attached hydrogens (tertiary/aromatic N) is 1. The smallest absolute Gasteiger partial charge is 0.0700 e. The lowest BCUT2D eigenvalue weighted by molar-refractivity contribution is -0.0298. The Morgan fingerprint density at radius 1 is 1.46 bits per heavy atom. The van der Waals surface area contributed by atoms with Crippen molar-refractivity contribution in [3.8, 4) is 0 Å². The lowest BCUT2D eigenvalue weighted by Crippen LogP contribution is -2.42. The summed E-state index contributed by atoms with van der Waals surface area (Å²) < 4.78 is 5.60. The fourth-order valence-corrected chi connectivity index (χ4v) is 1.71. The first-order valence-electron chi connectivity index (χ1n) is 5.40. The molecule has 13 heavy (non-hydrogen) atoms. The van der Waals surface area contributed by atoms with Crippen molar-refractivity contribution < 1.29 is 4.74 Å². The number of hydrogen-bond donors (Lipinski definition) is 1. The van der Waals surface area contributed by atoms with Crippen LogP contribution in [0.4, 0.5) is 0 Å². The monoisotopic (exact) mass is 186 g/mol. The van der Waals surface area contributed by atoms with E-state index in [1.54, 1.807) is 0 Å². The maximum Gasteiger partial charge on any atom is 0.0700 e. The van der Waals surface area contributed by atoms with Crippen LogP contribution in [0.5, 0.6) is 0 Å². The molecule has 0 amide bonds. The van der Waals surface area contributed by atoms with E-state index in [4.69, 9.17) is 10.5 Å². The predicted octanol–water partition coefficient (Wildman–Crippen LogP) is 0.836. The van der Waals surface area contributed by atoms with E-state index in [1.165, 1.54) is 13.0 Å². The molecule has 0 saturated carbocycles. The van der Waals surface area contributed by atoms with Crippen molar-refractivity contribution >= 4 is 0 Å². The fraction of sp³-hybridized carbons (Fsp3) is 1.00. The minimum absolute atomic E-state index is 0.464. The summed E-state index contributed by atoms with van der Waals surface area (Å²) in [5.74, 6) is 0. The Morgan fingerprint density at radius 2 is 2.31 bits per heavy atom. The summed E-state index contributed by atoms with van der Waals surface area (Å²) in [4.78, 5) is 2.49. The third kappa shape index (κ3) is 4.07. The molecule has 3 heteroatoms. The quantitative estimate of drug-likeness (QED) is 0.647. The van der Waals surface area contributed by atoms with Crippen molar-refractivity contribution in [3.63, 3.8) is 0 Å². The topological polar surface area (TPSA) is 38.5 Å². The van der Waals surface area contributed by atoms with Crippen LogP contribution in [-0.2, 0) is 4.74 Å². The molecular weight excluding hydrogens is 164 g/mol. The normalized spacial score (nSPS) is 24.9. The minimum Gasteiger partial charge on any atom is -0.376 e. The van der Waals surface area contributed by atoms with Crippen molar-refractivity contribution in [2.45, 2.75) is 32.3 Å². The number of ether oxygens (including phenoxy) is 1. The van der Waals surface area contributed by atoms with Crippen LogP contribution in [0.25, 0.3) is 0 Å². The molecule has 2 N–H and O–H groups in total. The summed E-state index contributed by atoms with van der Waals surface area (Å²) >= 11 is 0. The van der Waals surface area contributed by atoms with Crippen LogP contribution in [0.3, 0.4) is 0 Å². The Hall–Kier alpha value is -0.120. The van der Waals surface area contributed by atoms with Crippen LogP contribution in [-0.4, -0.2) is 43.8 Å². The van der Waals surface area contributed by atoms with Crippen LogP contribution >= 0.6 is 0 Å². The largest absolute Gasteiger partial charge is 0.376 e. The molecule has 1 atom stereocenters. The molecular formula is C10H22N2O. The van der Waals surface area contributed by atoms with Gasteiger partial charge in [-0.05, 0) is 32.4 Å². The van der Waals surface area contributed by atoms with Gasteiger partial charge in [0.05, 0.1) is 12.7 Å². The number of rotatable bonds is 5. The second kappa shape index (κ2) is 6.35. The van der Waals surface area contributed by atoms with E-state index >= 15 is 0 Å². The number of hydrogen-bond acceptors (Lipinski definition) is 3. The van der Waals surface area contributed by atoms with E-state index in [1.807, 2.05) is 0 Å². The van der Waals surface area contributed by atoms with E-state index in [9.17, 15) is 0 Å². The van der Waals surface area contributed by atoms with Gasteiger partial charge < -0.3 is 10.5 Å². The molecule has 0 radical (unpaired) electrons. The van der Waals surface area contributed by atoms with Crippen LogP contribution < -0.4 is 5.73 Å². The van der Waals surface area contributed by atoms with Crippen molar-refractivity contribution in [1.29, 1.82) is 0 Å². The Labute approximate surface area is 81.2 Å². The van der Waals surface area contributed by atoms with E-state index in [0.717, 1.165) is 39.1 Å². The van der Waals surface area contributed by atoms with Crippen molar-refractivity contribution in [2.75, 3.05) is 32.8 Å². The molecule has 0 bridgehead atoms. The van der Waals surface area contributed by atoms with E-state index in [2.05, 4.69) is 11.8 Å². The second-order valence-electron chi connectivity index (χ2n) is 3.70. The average Bonchev–Trinajstić information content (AvgIpc) is 2.19. The predicted molar refractivity (Wildman–Crippen MR) is 54.8 cm³/mol. The molecule has 78 valence electrons. The lowest BCUT2D eigenvalue weighted by atomic mass is 10.2. The van der Waals surface area contributed by atoms with E-state index in [-0.39, 0.29) is 0 Å². The van der Waals surface area contributed by atoms with Gasteiger partial charge in [-0.15, -0.1) is 0 Å². The number of unbranched alkanes of at least 4 members (excludes halogenated alkanes) is 1. The zero-order valence-electron chi connectivity index (χ0n) is 8.67. The molecule has 1 heterocycles. The number of morpholine rings is 1. The van der Waals surface area contributed by atoms with Gasteiger partial charge in [-0.3, -0.25) is 4.90 Å². The summed E-state index contributed by atoms with van der Waals surface area (Å²) in [7, 11) is 0. The zero-order valence-corrected chi connectivity index (χ0v) is 8.67. The first-order chi connectivity index (χ1) is 6.36. The second-order valence-corrected chi connectivity index (χ2v) is 3.70. The Morgan fingerprint density at radius 3 is 3.00 bits per heavy atom. The van der Waals surface area contributed by atoms with Gasteiger partial charge in [0.2, 0.25) is 0 Å². The first kappa shape index (κ1) is 11.0. The third-order valence-corrected chi connectivity index (χ3v) is 2.61. The van der Waals surface area contributed by atoms with Gasteiger partial charge in [0.1, 0.15) is 0 Å². The Bertz CT molecular complexity index is 130. The molecule has 0 spiro atoms. The Kier molecular flexibility index (Phi) is 5.35. The van der Waals surface area contributed by atoms with Gasteiger partial charge in [-0.25, -0.2) is 0 Å². The minimum atomic E-state index is 0.464. The summed E-state index contributed by atoms with van der Waals surface area (Å²) in [6, 6.07) is 0. The fourth-order valence-electron chi connectivity index (χ4n) is 1.71. The molecule has 1 aliphatic rings. The standard InChI is InChI=1S/C10H22N2O/c1-2-10-9-12(7-8-13-10)6-4-3-5-11/h10H,2-9,11H2,1H3. The number of nitrogens with two attached hydrogens (primary N) is 1. The van der Waals surface area contributed by atoms with Gasteiger partial charge in [0, 0.05) is 13.1 Å². The highest BCUT2D eigenvalue weighted by Gasteiger charge is 2.17. The van der Waals surface area contributed by atoms with Crippen molar-refractivity contribution in [2.24, 2.45) is 5.73 Å². The third-order valence-electron chi connectivity index (χ3n) is 2.61. The summed E-state index contributed by atoms with van der Waals surface area (Å²) in [5.41, 5.74) is 5.45. The van der Waals surface area contributed by atoms with Gasteiger partial charge >= 0.3 is 0 Å². The van der Waals surface area contributed by atoms with Crippen molar-refractivity contribution in [3.05, 3.63) is 0 Å². The maximum atomic E-state index is 5.60. The maximum absolute atomic E-state index is 5.60. The lowest BCUT2D eigenvalue weighted by Gasteiger charge is -2.32. The Balaban J connectivity index is 2.11.